The number of halogens is 4. The predicted molar refractivity (Wildman–Crippen MR) is 69.6 cm³/mol. The molecule has 0 aromatic carbocycles. The summed E-state index contributed by atoms with van der Waals surface area (Å²) in [5, 5.41) is 2.69. The van der Waals surface area contributed by atoms with Crippen LogP contribution in [-0.4, -0.2) is 20.6 Å². The van der Waals surface area contributed by atoms with Gasteiger partial charge in [0.25, 0.3) is 0 Å². The van der Waals surface area contributed by atoms with E-state index in [-0.39, 0.29) is 17.0 Å². The van der Waals surface area contributed by atoms with Gasteiger partial charge in [-0.15, -0.1) is 0 Å². The molecule has 0 bridgehead atoms. The second-order valence-electron chi connectivity index (χ2n) is 4.37. The average molecular weight is 305 g/mol. The van der Waals surface area contributed by atoms with Gasteiger partial charge < -0.3 is 9.88 Å². The number of anilines is 1. The van der Waals surface area contributed by atoms with Gasteiger partial charge in [-0.25, -0.2) is 9.97 Å². The molecule has 20 heavy (non-hydrogen) atoms. The number of nitrogens with one attached hydrogen (secondary N) is 1. The molecule has 108 valence electrons. The van der Waals surface area contributed by atoms with Crippen molar-refractivity contribution >= 4 is 17.4 Å². The monoisotopic (exact) mass is 304 g/mol. The van der Waals surface area contributed by atoms with Crippen LogP contribution in [0.5, 0.6) is 0 Å². The van der Waals surface area contributed by atoms with E-state index in [1.165, 1.54) is 0 Å². The molecule has 2 rings (SSSR count). The van der Waals surface area contributed by atoms with Crippen LogP contribution in [0, 0.1) is 0 Å². The van der Waals surface area contributed by atoms with Crippen LogP contribution < -0.4 is 5.32 Å². The molecule has 8 heteroatoms. The van der Waals surface area contributed by atoms with E-state index in [0.29, 0.717) is 6.54 Å². The van der Waals surface area contributed by atoms with E-state index in [1.807, 2.05) is 11.5 Å². The van der Waals surface area contributed by atoms with E-state index in [9.17, 15) is 13.2 Å². The number of hydrogen-bond acceptors (Lipinski definition) is 3. The van der Waals surface area contributed by atoms with Gasteiger partial charge in [-0.05, 0) is 19.1 Å². The van der Waals surface area contributed by atoms with Crippen molar-refractivity contribution in [2.24, 2.45) is 0 Å². The molecule has 0 amide bonds. The third kappa shape index (κ3) is 3.86. The van der Waals surface area contributed by atoms with Crippen LogP contribution >= 0.6 is 11.6 Å². The average Bonchev–Trinajstić information content (AvgIpc) is 2.79. The highest BCUT2D eigenvalue weighted by atomic mass is 35.5. The Labute approximate surface area is 118 Å². The lowest BCUT2D eigenvalue weighted by atomic mass is 10.2. The van der Waals surface area contributed by atoms with Crippen LogP contribution in [0.15, 0.2) is 30.9 Å². The Hall–Kier alpha value is -1.76. The summed E-state index contributed by atoms with van der Waals surface area (Å²) in [5.41, 5.74) is -0.824. The maximum atomic E-state index is 12.7. The number of aromatic nitrogens is 3. The summed E-state index contributed by atoms with van der Waals surface area (Å²) >= 11 is 5.62. The molecule has 2 heterocycles. The van der Waals surface area contributed by atoms with Gasteiger partial charge in [0.2, 0.25) is 0 Å². The standard InChI is InChI=1S/C12H12ClF3N4/c1-8(6-20-3-2-17-7-20)18-11-5-9(12(14,15)16)4-10(13)19-11/h2-5,7-8H,6H2,1H3,(H,18,19). The van der Waals surface area contributed by atoms with Gasteiger partial charge in [0.15, 0.2) is 0 Å². The summed E-state index contributed by atoms with van der Waals surface area (Å²) in [7, 11) is 0. The van der Waals surface area contributed by atoms with Gasteiger partial charge in [-0.3, -0.25) is 0 Å². The third-order valence-corrected chi connectivity index (χ3v) is 2.75. The van der Waals surface area contributed by atoms with Crippen LogP contribution in [0.3, 0.4) is 0 Å². The summed E-state index contributed by atoms with van der Waals surface area (Å²) in [4.78, 5) is 7.74. The van der Waals surface area contributed by atoms with Gasteiger partial charge in [0.1, 0.15) is 11.0 Å². The van der Waals surface area contributed by atoms with E-state index < -0.39 is 11.7 Å². The second kappa shape index (κ2) is 5.70. The molecule has 0 aliphatic heterocycles. The van der Waals surface area contributed by atoms with Crippen LogP contribution in [0.2, 0.25) is 5.15 Å². The van der Waals surface area contributed by atoms with Gasteiger partial charge in [0.05, 0.1) is 11.9 Å². The summed E-state index contributed by atoms with van der Waals surface area (Å²) < 4.78 is 39.8. The molecule has 0 fully saturated rings. The second-order valence-corrected chi connectivity index (χ2v) is 4.75. The molecule has 0 saturated carbocycles. The number of alkyl halides is 3. The summed E-state index contributed by atoms with van der Waals surface area (Å²) in [5.74, 6) is 0.0949. The van der Waals surface area contributed by atoms with Gasteiger partial charge in [-0.1, -0.05) is 11.6 Å². The summed E-state index contributed by atoms with van der Waals surface area (Å²) in [6, 6.07) is 1.61. The molecule has 0 aliphatic carbocycles. The van der Waals surface area contributed by atoms with E-state index in [1.54, 1.807) is 18.7 Å². The normalized spacial score (nSPS) is 13.2. The molecule has 1 atom stereocenters. The van der Waals surface area contributed by atoms with Crippen molar-refractivity contribution in [1.29, 1.82) is 0 Å². The van der Waals surface area contributed by atoms with Crippen LogP contribution in [0.1, 0.15) is 12.5 Å². The lowest BCUT2D eigenvalue weighted by Gasteiger charge is -2.16. The van der Waals surface area contributed by atoms with Crippen molar-refractivity contribution in [3.05, 3.63) is 41.6 Å². The number of pyridine rings is 1. The Morgan fingerprint density at radius 1 is 1.40 bits per heavy atom. The maximum Gasteiger partial charge on any atom is 0.416 e. The molecule has 1 N–H and O–H groups in total. The van der Waals surface area contributed by atoms with Crippen molar-refractivity contribution in [3.8, 4) is 0 Å². The molecule has 2 aromatic rings. The highest BCUT2D eigenvalue weighted by Crippen LogP contribution is 2.32. The lowest BCUT2D eigenvalue weighted by Crippen LogP contribution is -2.22. The summed E-state index contributed by atoms with van der Waals surface area (Å²) in [6.45, 7) is 2.38. The third-order valence-electron chi connectivity index (χ3n) is 2.56. The Balaban J connectivity index is 2.11. The first kappa shape index (κ1) is 14.6. The van der Waals surface area contributed by atoms with E-state index >= 15 is 0 Å². The quantitative estimate of drug-likeness (QED) is 0.880. The first-order valence-electron chi connectivity index (χ1n) is 5.81. The van der Waals surface area contributed by atoms with Crippen molar-refractivity contribution in [1.82, 2.24) is 14.5 Å². The predicted octanol–water partition coefficient (Wildman–Crippen LogP) is 3.45. The van der Waals surface area contributed by atoms with E-state index in [0.717, 1.165) is 12.1 Å². The molecule has 1 unspecified atom stereocenters. The zero-order valence-corrected chi connectivity index (χ0v) is 11.3. The zero-order chi connectivity index (χ0) is 14.8. The van der Waals surface area contributed by atoms with Crippen LogP contribution in [0.25, 0.3) is 0 Å². The summed E-state index contributed by atoms with van der Waals surface area (Å²) in [6.07, 6.45) is 0.582. The molecule has 0 radical (unpaired) electrons. The smallest absolute Gasteiger partial charge is 0.366 e. The SMILES string of the molecule is CC(Cn1ccnc1)Nc1cc(C(F)(F)F)cc(Cl)n1. The number of imidazole rings is 1. The fraction of sp³-hybridized carbons (Fsp3) is 0.333. The minimum Gasteiger partial charge on any atom is -0.366 e. The highest BCUT2D eigenvalue weighted by molar-refractivity contribution is 6.29. The van der Waals surface area contributed by atoms with Crippen molar-refractivity contribution in [2.45, 2.75) is 25.7 Å². The fourth-order valence-electron chi connectivity index (χ4n) is 1.74. The molecule has 0 aliphatic rings. The Morgan fingerprint density at radius 3 is 2.75 bits per heavy atom. The highest BCUT2D eigenvalue weighted by Gasteiger charge is 2.31. The first-order valence-corrected chi connectivity index (χ1v) is 6.19. The van der Waals surface area contributed by atoms with Crippen molar-refractivity contribution < 1.29 is 13.2 Å². The minimum absolute atomic E-state index is 0.0949. The molecule has 0 spiro atoms. The van der Waals surface area contributed by atoms with Gasteiger partial charge in [-0.2, -0.15) is 13.2 Å². The topological polar surface area (TPSA) is 42.7 Å². The maximum absolute atomic E-state index is 12.7. The first-order chi connectivity index (χ1) is 9.34. The Morgan fingerprint density at radius 2 is 2.15 bits per heavy atom. The Bertz CT molecular complexity index is 569. The van der Waals surface area contributed by atoms with Crippen LogP contribution in [-0.2, 0) is 12.7 Å². The largest absolute Gasteiger partial charge is 0.416 e. The Kier molecular flexibility index (Phi) is 4.17. The van der Waals surface area contributed by atoms with Gasteiger partial charge >= 0.3 is 6.18 Å². The number of nitrogens with zero attached hydrogens (tertiary/aromatic N) is 3. The van der Waals surface area contributed by atoms with E-state index in [4.69, 9.17) is 11.6 Å². The van der Waals surface area contributed by atoms with Gasteiger partial charge in [0, 0.05) is 25.0 Å². The van der Waals surface area contributed by atoms with E-state index in [2.05, 4.69) is 15.3 Å². The zero-order valence-electron chi connectivity index (χ0n) is 10.5. The molecule has 4 nitrogen and oxygen atoms in total. The molecule has 2 aromatic heterocycles. The van der Waals surface area contributed by atoms with Crippen LogP contribution in [0.4, 0.5) is 19.0 Å². The molecule has 0 saturated heterocycles. The molecular formula is C12H12ClF3N4. The number of hydrogen-bond donors (Lipinski definition) is 1. The molecular weight excluding hydrogens is 293 g/mol. The van der Waals surface area contributed by atoms with Crippen molar-refractivity contribution in [2.75, 3.05) is 5.32 Å². The number of rotatable bonds is 4. The lowest BCUT2D eigenvalue weighted by molar-refractivity contribution is -0.137. The minimum atomic E-state index is -4.45. The van der Waals surface area contributed by atoms with Crippen molar-refractivity contribution in [3.63, 3.8) is 0 Å². The fourth-order valence-corrected chi connectivity index (χ4v) is 1.95.